The fraction of sp³-hybridized carbons (Fsp3) is 0.588. The van der Waals surface area contributed by atoms with Crippen molar-refractivity contribution in [2.24, 2.45) is 17.8 Å². The first-order chi connectivity index (χ1) is 9.24. The lowest BCUT2D eigenvalue weighted by Gasteiger charge is -2.30. The molecule has 19 heavy (non-hydrogen) atoms. The van der Waals surface area contributed by atoms with Crippen molar-refractivity contribution in [3.05, 3.63) is 29.8 Å². The fourth-order valence-electron chi connectivity index (χ4n) is 3.39. The molecule has 1 aliphatic carbocycles. The molecule has 0 amide bonds. The summed E-state index contributed by atoms with van der Waals surface area (Å²) < 4.78 is 5.75. The predicted molar refractivity (Wildman–Crippen MR) is 75.3 cm³/mol. The van der Waals surface area contributed by atoms with Gasteiger partial charge in [0.1, 0.15) is 11.5 Å². The smallest absolute Gasteiger partial charge is 0.142 e. The SMILES string of the molecule is CC1CCC(C(=O)C2COc3ccccc3C2)CC1. The average Bonchev–Trinajstić information content (AvgIpc) is 2.47. The quantitative estimate of drug-likeness (QED) is 0.809. The Morgan fingerprint density at radius 1 is 1.11 bits per heavy atom. The first-order valence-corrected chi connectivity index (χ1v) is 7.48. The molecule has 0 bridgehead atoms. The topological polar surface area (TPSA) is 26.3 Å². The molecule has 3 rings (SSSR count). The molecule has 0 N–H and O–H groups in total. The lowest BCUT2D eigenvalue weighted by molar-refractivity contribution is -0.129. The summed E-state index contributed by atoms with van der Waals surface area (Å²) in [6.07, 6.45) is 5.44. The van der Waals surface area contributed by atoms with Gasteiger partial charge in [-0.25, -0.2) is 0 Å². The molecule has 1 heterocycles. The number of hydrogen-bond acceptors (Lipinski definition) is 2. The van der Waals surface area contributed by atoms with E-state index in [-0.39, 0.29) is 11.8 Å². The Morgan fingerprint density at radius 2 is 1.84 bits per heavy atom. The van der Waals surface area contributed by atoms with Crippen LogP contribution < -0.4 is 4.74 Å². The van der Waals surface area contributed by atoms with Gasteiger partial charge >= 0.3 is 0 Å². The van der Waals surface area contributed by atoms with E-state index < -0.39 is 0 Å². The molecule has 102 valence electrons. The van der Waals surface area contributed by atoms with Crippen LogP contribution in [0, 0.1) is 17.8 Å². The molecule has 1 aromatic rings. The molecular weight excluding hydrogens is 236 g/mol. The van der Waals surface area contributed by atoms with Gasteiger partial charge in [0.15, 0.2) is 0 Å². The summed E-state index contributed by atoms with van der Waals surface area (Å²) in [6, 6.07) is 8.09. The Bertz CT molecular complexity index is 458. The zero-order chi connectivity index (χ0) is 13.2. The highest BCUT2D eigenvalue weighted by Gasteiger charge is 2.32. The van der Waals surface area contributed by atoms with E-state index in [1.165, 1.54) is 18.4 Å². The first kappa shape index (κ1) is 12.7. The molecule has 2 heteroatoms. The van der Waals surface area contributed by atoms with E-state index in [0.717, 1.165) is 30.9 Å². The van der Waals surface area contributed by atoms with Crippen molar-refractivity contribution in [2.45, 2.75) is 39.0 Å². The summed E-state index contributed by atoms with van der Waals surface area (Å²) in [5.41, 5.74) is 1.19. The van der Waals surface area contributed by atoms with Crippen molar-refractivity contribution < 1.29 is 9.53 Å². The molecule has 0 radical (unpaired) electrons. The van der Waals surface area contributed by atoms with Crippen molar-refractivity contribution >= 4 is 5.78 Å². The van der Waals surface area contributed by atoms with Gasteiger partial charge in [-0.15, -0.1) is 0 Å². The third kappa shape index (κ3) is 2.68. The summed E-state index contributed by atoms with van der Waals surface area (Å²) in [4.78, 5) is 12.6. The van der Waals surface area contributed by atoms with Crippen LogP contribution in [0.5, 0.6) is 5.75 Å². The third-order valence-corrected chi connectivity index (χ3v) is 4.70. The lowest BCUT2D eigenvalue weighted by atomic mass is 9.76. The molecule has 1 aliphatic heterocycles. The minimum absolute atomic E-state index is 0.0771. The maximum Gasteiger partial charge on any atom is 0.142 e. The Labute approximate surface area is 115 Å². The summed E-state index contributed by atoms with van der Waals surface area (Å²) in [6.45, 7) is 2.86. The van der Waals surface area contributed by atoms with E-state index in [1.54, 1.807) is 0 Å². The number of para-hydroxylation sites is 1. The van der Waals surface area contributed by atoms with Crippen LogP contribution in [-0.4, -0.2) is 12.4 Å². The Hall–Kier alpha value is -1.31. The number of rotatable bonds is 2. The number of fused-ring (bicyclic) bond motifs is 1. The number of carbonyl (C=O) groups is 1. The third-order valence-electron chi connectivity index (χ3n) is 4.70. The van der Waals surface area contributed by atoms with Crippen LogP contribution in [-0.2, 0) is 11.2 Å². The minimum atomic E-state index is 0.0771. The number of ketones is 1. The van der Waals surface area contributed by atoms with Gasteiger partial charge in [-0.3, -0.25) is 4.79 Å². The summed E-state index contributed by atoms with van der Waals surface area (Å²) in [7, 11) is 0. The van der Waals surface area contributed by atoms with Crippen LogP contribution in [0.15, 0.2) is 24.3 Å². The van der Waals surface area contributed by atoms with Crippen molar-refractivity contribution in [2.75, 3.05) is 6.61 Å². The molecule has 0 spiro atoms. The molecule has 0 aromatic heterocycles. The number of benzene rings is 1. The number of hydrogen-bond donors (Lipinski definition) is 0. The van der Waals surface area contributed by atoms with Crippen LogP contribution in [0.1, 0.15) is 38.2 Å². The van der Waals surface area contributed by atoms with Crippen molar-refractivity contribution in [3.8, 4) is 5.75 Å². The highest BCUT2D eigenvalue weighted by Crippen LogP contribution is 2.34. The van der Waals surface area contributed by atoms with E-state index in [0.29, 0.717) is 12.4 Å². The molecule has 1 saturated carbocycles. The van der Waals surface area contributed by atoms with E-state index in [9.17, 15) is 4.79 Å². The number of carbonyl (C=O) groups excluding carboxylic acids is 1. The summed E-state index contributed by atoms with van der Waals surface area (Å²) in [5, 5.41) is 0. The summed E-state index contributed by atoms with van der Waals surface area (Å²) >= 11 is 0. The van der Waals surface area contributed by atoms with Gasteiger partial charge < -0.3 is 4.74 Å². The van der Waals surface area contributed by atoms with Crippen LogP contribution in [0.3, 0.4) is 0 Å². The van der Waals surface area contributed by atoms with Gasteiger partial charge in [-0.1, -0.05) is 38.0 Å². The van der Waals surface area contributed by atoms with Crippen LogP contribution >= 0.6 is 0 Å². The normalized spacial score (nSPS) is 30.3. The predicted octanol–water partition coefficient (Wildman–Crippen LogP) is 3.63. The maximum absolute atomic E-state index is 12.6. The van der Waals surface area contributed by atoms with E-state index in [4.69, 9.17) is 4.74 Å². The standard InChI is InChI=1S/C17H22O2/c1-12-6-8-13(9-7-12)17(18)15-10-14-4-2-3-5-16(14)19-11-15/h2-5,12-13,15H,6-11H2,1H3. The summed E-state index contributed by atoms with van der Waals surface area (Å²) in [5.74, 6) is 2.57. The van der Waals surface area contributed by atoms with Crippen LogP contribution in [0.4, 0.5) is 0 Å². The Balaban J connectivity index is 1.66. The Kier molecular flexibility index (Phi) is 3.58. The van der Waals surface area contributed by atoms with Crippen molar-refractivity contribution in [3.63, 3.8) is 0 Å². The monoisotopic (exact) mass is 258 g/mol. The van der Waals surface area contributed by atoms with Gasteiger partial charge in [0.05, 0.1) is 12.5 Å². The van der Waals surface area contributed by atoms with Gasteiger partial charge in [0.25, 0.3) is 0 Å². The van der Waals surface area contributed by atoms with Gasteiger partial charge in [-0.2, -0.15) is 0 Å². The second-order valence-corrected chi connectivity index (χ2v) is 6.18. The van der Waals surface area contributed by atoms with Gasteiger partial charge in [-0.05, 0) is 36.8 Å². The molecule has 1 unspecified atom stereocenters. The van der Waals surface area contributed by atoms with Gasteiger partial charge in [0, 0.05) is 5.92 Å². The van der Waals surface area contributed by atoms with E-state index in [1.807, 2.05) is 18.2 Å². The average molecular weight is 258 g/mol. The van der Waals surface area contributed by atoms with Crippen molar-refractivity contribution in [1.29, 1.82) is 0 Å². The molecule has 1 aromatic carbocycles. The lowest BCUT2D eigenvalue weighted by Crippen LogP contribution is -2.34. The molecule has 2 nitrogen and oxygen atoms in total. The van der Waals surface area contributed by atoms with Crippen LogP contribution in [0.25, 0.3) is 0 Å². The maximum atomic E-state index is 12.6. The van der Waals surface area contributed by atoms with Crippen molar-refractivity contribution in [1.82, 2.24) is 0 Å². The number of ether oxygens (including phenoxy) is 1. The van der Waals surface area contributed by atoms with Crippen LogP contribution in [0.2, 0.25) is 0 Å². The molecular formula is C17H22O2. The van der Waals surface area contributed by atoms with E-state index in [2.05, 4.69) is 13.0 Å². The zero-order valence-corrected chi connectivity index (χ0v) is 11.6. The minimum Gasteiger partial charge on any atom is -0.493 e. The number of Topliss-reactive ketones (excluding diaryl/α,β-unsaturated/α-hetero) is 1. The highest BCUT2D eigenvalue weighted by atomic mass is 16.5. The second kappa shape index (κ2) is 5.36. The Morgan fingerprint density at radius 3 is 2.63 bits per heavy atom. The first-order valence-electron chi connectivity index (χ1n) is 7.48. The van der Waals surface area contributed by atoms with Gasteiger partial charge in [0.2, 0.25) is 0 Å². The molecule has 1 fully saturated rings. The molecule has 0 saturated heterocycles. The molecule has 2 aliphatic rings. The second-order valence-electron chi connectivity index (χ2n) is 6.18. The largest absolute Gasteiger partial charge is 0.493 e. The fourth-order valence-corrected chi connectivity index (χ4v) is 3.39. The van der Waals surface area contributed by atoms with E-state index >= 15 is 0 Å². The zero-order valence-electron chi connectivity index (χ0n) is 11.6. The highest BCUT2D eigenvalue weighted by molar-refractivity contribution is 5.84. The molecule has 1 atom stereocenters.